The van der Waals surface area contributed by atoms with Gasteiger partial charge in [-0.15, -0.1) is 22.7 Å². The molecule has 2 aromatic heterocycles. The molecule has 0 radical (unpaired) electrons. The molecule has 0 unspecified atom stereocenters. The number of ether oxygens (including phenoxy) is 1. The number of anilines is 1. The summed E-state index contributed by atoms with van der Waals surface area (Å²) in [6.07, 6.45) is 0. The van der Waals surface area contributed by atoms with Crippen LogP contribution >= 0.6 is 22.7 Å². The second kappa shape index (κ2) is 8.50. The maximum Gasteiger partial charge on any atom is 0.341 e. The molecule has 0 fully saturated rings. The number of aryl methyl sites for hydroxylation is 2. The summed E-state index contributed by atoms with van der Waals surface area (Å²) in [7, 11) is 0. The molecule has 1 aromatic carbocycles. The Morgan fingerprint density at radius 2 is 2.07 bits per heavy atom. The number of rotatable bonds is 6. The van der Waals surface area contributed by atoms with E-state index in [2.05, 4.69) is 10.3 Å². The second-order valence-corrected chi connectivity index (χ2v) is 8.07. The Labute approximate surface area is 174 Å². The molecular weight excluding hydrogens is 414 g/mol. The SMILES string of the molecule is CCOC(=O)c1c(-c2cccc([N+](=O)[O-])c2)csc1NC(=O)c1sc(C)nc1C. The van der Waals surface area contributed by atoms with Crippen molar-refractivity contribution in [2.24, 2.45) is 0 Å². The molecule has 0 saturated heterocycles. The fourth-order valence-electron chi connectivity index (χ4n) is 2.76. The summed E-state index contributed by atoms with van der Waals surface area (Å²) in [5.41, 5.74) is 1.64. The van der Waals surface area contributed by atoms with Gasteiger partial charge in [0.1, 0.15) is 15.4 Å². The number of nitrogens with zero attached hydrogens (tertiary/aromatic N) is 2. The van der Waals surface area contributed by atoms with Gasteiger partial charge in [0.2, 0.25) is 0 Å². The summed E-state index contributed by atoms with van der Waals surface area (Å²) < 4.78 is 5.15. The molecule has 0 saturated carbocycles. The van der Waals surface area contributed by atoms with Crippen molar-refractivity contribution in [3.8, 4) is 11.1 Å². The third-order valence-corrected chi connectivity index (χ3v) is 5.94. The zero-order valence-electron chi connectivity index (χ0n) is 15.8. The van der Waals surface area contributed by atoms with Gasteiger partial charge < -0.3 is 10.1 Å². The van der Waals surface area contributed by atoms with E-state index in [-0.39, 0.29) is 23.8 Å². The van der Waals surface area contributed by atoms with Crippen LogP contribution in [0.25, 0.3) is 11.1 Å². The van der Waals surface area contributed by atoms with E-state index in [1.165, 1.54) is 23.5 Å². The molecule has 3 aromatic rings. The number of thiophene rings is 1. The summed E-state index contributed by atoms with van der Waals surface area (Å²) >= 11 is 2.42. The highest BCUT2D eigenvalue weighted by molar-refractivity contribution is 7.16. The maximum absolute atomic E-state index is 12.7. The van der Waals surface area contributed by atoms with Gasteiger partial charge in [0, 0.05) is 23.1 Å². The van der Waals surface area contributed by atoms with E-state index in [1.54, 1.807) is 31.4 Å². The number of nitrogens with one attached hydrogen (secondary N) is 1. The van der Waals surface area contributed by atoms with Gasteiger partial charge in [0.25, 0.3) is 11.6 Å². The van der Waals surface area contributed by atoms with Gasteiger partial charge in [0.15, 0.2) is 0 Å². The van der Waals surface area contributed by atoms with Crippen molar-refractivity contribution >= 4 is 45.2 Å². The fourth-order valence-corrected chi connectivity index (χ4v) is 4.52. The van der Waals surface area contributed by atoms with E-state index in [1.807, 2.05) is 6.92 Å². The molecule has 29 heavy (non-hydrogen) atoms. The fraction of sp³-hybridized carbons (Fsp3) is 0.211. The number of carbonyl (C=O) groups is 2. The minimum Gasteiger partial charge on any atom is -0.462 e. The lowest BCUT2D eigenvalue weighted by molar-refractivity contribution is -0.384. The number of carbonyl (C=O) groups excluding carboxylic acids is 2. The molecule has 0 spiro atoms. The van der Waals surface area contributed by atoms with Crippen LogP contribution in [0, 0.1) is 24.0 Å². The topological polar surface area (TPSA) is 111 Å². The van der Waals surface area contributed by atoms with Crippen LogP contribution in [0.3, 0.4) is 0 Å². The first-order chi connectivity index (χ1) is 13.8. The van der Waals surface area contributed by atoms with Crippen molar-refractivity contribution in [2.75, 3.05) is 11.9 Å². The largest absolute Gasteiger partial charge is 0.462 e. The van der Waals surface area contributed by atoms with E-state index in [4.69, 9.17) is 4.74 Å². The molecule has 0 atom stereocenters. The van der Waals surface area contributed by atoms with Crippen molar-refractivity contribution in [1.29, 1.82) is 0 Å². The normalized spacial score (nSPS) is 10.6. The first kappa shape index (κ1) is 20.6. The van der Waals surface area contributed by atoms with Crippen LogP contribution in [0.5, 0.6) is 0 Å². The number of nitro benzene ring substituents is 1. The number of benzene rings is 1. The summed E-state index contributed by atoms with van der Waals surface area (Å²) in [5, 5.41) is 16.6. The monoisotopic (exact) mass is 431 g/mol. The number of esters is 1. The Kier molecular flexibility index (Phi) is 6.04. The van der Waals surface area contributed by atoms with Crippen LogP contribution in [-0.4, -0.2) is 28.4 Å². The van der Waals surface area contributed by atoms with E-state index in [9.17, 15) is 19.7 Å². The number of amides is 1. The Hall–Kier alpha value is -3.11. The maximum atomic E-state index is 12.7. The van der Waals surface area contributed by atoms with Crippen LogP contribution in [0.4, 0.5) is 10.7 Å². The standard InChI is InChI=1S/C19H17N3O5S2/c1-4-27-19(24)15-14(12-6-5-7-13(8-12)22(25)26)9-28-18(15)21-17(23)16-10(2)20-11(3)29-16/h5-9H,4H2,1-3H3,(H,21,23). The van der Waals surface area contributed by atoms with Crippen LogP contribution in [0.2, 0.25) is 0 Å². The average molecular weight is 431 g/mol. The molecular formula is C19H17N3O5S2. The van der Waals surface area contributed by atoms with Gasteiger partial charge in [-0.3, -0.25) is 14.9 Å². The van der Waals surface area contributed by atoms with Crippen molar-refractivity contribution in [3.05, 3.63) is 60.9 Å². The molecule has 3 rings (SSSR count). The number of non-ortho nitro benzene ring substituents is 1. The third kappa shape index (κ3) is 4.33. The Morgan fingerprint density at radius 3 is 2.69 bits per heavy atom. The van der Waals surface area contributed by atoms with Gasteiger partial charge in [-0.1, -0.05) is 12.1 Å². The lowest BCUT2D eigenvalue weighted by atomic mass is 10.0. The van der Waals surface area contributed by atoms with Crippen molar-refractivity contribution in [1.82, 2.24) is 4.98 Å². The van der Waals surface area contributed by atoms with Gasteiger partial charge >= 0.3 is 5.97 Å². The number of hydrogen-bond donors (Lipinski definition) is 1. The molecule has 10 heteroatoms. The summed E-state index contributed by atoms with van der Waals surface area (Å²) in [5.74, 6) is -0.978. The van der Waals surface area contributed by atoms with Crippen LogP contribution in [-0.2, 0) is 4.74 Å². The van der Waals surface area contributed by atoms with E-state index in [0.29, 0.717) is 26.7 Å². The highest BCUT2D eigenvalue weighted by atomic mass is 32.1. The molecule has 1 amide bonds. The van der Waals surface area contributed by atoms with Gasteiger partial charge in [-0.05, 0) is 26.3 Å². The summed E-state index contributed by atoms with van der Waals surface area (Å²) in [6.45, 7) is 5.39. The quantitative estimate of drug-likeness (QED) is 0.340. The lowest BCUT2D eigenvalue weighted by Crippen LogP contribution is -2.14. The minimum atomic E-state index is -0.609. The lowest BCUT2D eigenvalue weighted by Gasteiger charge is -2.08. The summed E-state index contributed by atoms with van der Waals surface area (Å²) in [6, 6.07) is 5.96. The van der Waals surface area contributed by atoms with E-state index >= 15 is 0 Å². The zero-order valence-corrected chi connectivity index (χ0v) is 17.5. The number of thiazole rings is 1. The van der Waals surface area contributed by atoms with Crippen LogP contribution < -0.4 is 5.32 Å². The number of nitro groups is 1. The number of aromatic nitrogens is 1. The van der Waals surface area contributed by atoms with Crippen LogP contribution in [0.1, 0.15) is 37.7 Å². The van der Waals surface area contributed by atoms with Crippen molar-refractivity contribution in [3.63, 3.8) is 0 Å². The molecule has 1 N–H and O–H groups in total. The highest BCUT2D eigenvalue weighted by Gasteiger charge is 2.25. The summed E-state index contributed by atoms with van der Waals surface area (Å²) in [4.78, 5) is 40.6. The van der Waals surface area contributed by atoms with Gasteiger partial charge in [-0.25, -0.2) is 9.78 Å². The van der Waals surface area contributed by atoms with Gasteiger partial charge in [-0.2, -0.15) is 0 Å². The first-order valence-corrected chi connectivity index (χ1v) is 10.3. The van der Waals surface area contributed by atoms with E-state index < -0.39 is 10.9 Å². The second-order valence-electron chi connectivity index (χ2n) is 5.98. The van der Waals surface area contributed by atoms with E-state index in [0.717, 1.165) is 16.3 Å². The predicted molar refractivity (Wildman–Crippen MR) is 112 cm³/mol. The molecule has 0 aliphatic carbocycles. The number of hydrogen-bond acceptors (Lipinski definition) is 8. The molecule has 0 aliphatic heterocycles. The Bertz CT molecular complexity index is 1100. The minimum absolute atomic E-state index is 0.0927. The molecule has 0 bridgehead atoms. The zero-order chi connectivity index (χ0) is 21.1. The molecule has 150 valence electrons. The Balaban J connectivity index is 2.03. The first-order valence-electron chi connectivity index (χ1n) is 8.60. The third-order valence-electron chi connectivity index (χ3n) is 3.98. The highest BCUT2D eigenvalue weighted by Crippen LogP contribution is 2.37. The average Bonchev–Trinajstić information content (AvgIpc) is 3.24. The smallest absolute Gasteiger partial charge is 0.341 e. The Morgan fingerprint density at radius 1 is 1.31 bits per heavy atom. The van der Waals surface area contributed by atoms with Crippen molar-refractivity contribution < 1.29 is 19.2 Å². The molecule has 8 nitrogen and oxygen atoms in total. The van der Waals surface area contributed by atoms with Crippen molar-refractivity contribution in [2.45, 2.75) is 20.8 Å². The molecule has 2 heterocycles. The predicted octanol–water partition coefficient (Wildman–Crippen LogP) is 4.83. The van der Waals surface area contributed by atoms with Gasteiger partial charge in [0.05, 0.1) is 22.2 Å². The molecule has 0 aliphatic rings. The van der Waals surface area contributed by atoms with Crippen LogP contribution in [0.15, 0.2) is 29.6 Å².